The van der Waals surface area contributed by atoms with Crippen molar-refractivity contribution in [2.24, 2.45) is 0 Å². The molecule has 2 amide bonds. The lowest BCUT2D eigenvalue weighted by Crippen LogP contribution is -2.39. The molecule has 1 aliphatic heterocycles. The number of carbonyl (C=O) groups is 2. The summed E-state index contributed by atoms with van der Waals surface area (Å²) in [5, 5.41) is 2.89. The van der Waals surface area contributed by atoms with Crippen molar-refractivity contribution in [1.82, 2.24) is 15.2 Å². The number of oxazole rings is 1. The van der Waals surface area contributed by atoms with Gasteiger partial charge < -0.3 is 19.4 Å². The van der Waals surface area contributed by atoms with E-state index in [4.69, 9.17) is 9.15 Å². The highest BCUT2D eigenvalue weighted by atomic mass is 16.5. The van der Waals surface area contributed by atoms with E-state index < -0.39 is 0 Å². The molecule has 0 spiro atoms. The Bertz CT molecular complexity index is 1140. The Hall–Kier alpha value is -3.61. The molecule has 2 heterocycles. The molecule has 0 saturated heterocycles. The Morgan fingerprint density at radius 1 is 1.19 bits per heavy atom. The minimum atomic E-state index is -0.216. The molecule has 1 aliphatic carbocycles. The molecule has 3 aromatic rings. The van der Waals surface area contributed by atoms with Crippen LogP contribution in [0.15, 0.2) is 59.2 Å². The second-order valence-corrected chi connectivity index (χ2v) is 8.30. The Balaban J connectivity index is 1.35. The van der Waals surface area contributed by atoms with Crippen LogP contribution in [0.1, 0.15) is 58.9 Å². The number of fused-ring (bicyclic) bond motifs is 1. The molecular formula is C25H25N3O4. The zero-order valence-corrected chi connectivity index (χ0v) is 17.9. The average molecular weight is 431 g/mol. The molecule has 7 heteroatoms. The van der Waals surface area contributed by atoms with Crippen LogP contribution in [0.2, 0.25) is 0 Å². The normalized spacial score (nSPS) is 17.5. The molecule has 1 N–H and O–H groups in total. The number of ether oxygens (including phenoxy) is 1. The molecule has 1 unspecified atom stereocenters. The maximum absolute atomic E-state index is 12.4. The molecule has 164 valence electrons. The van der Waals surface area contributed by atoms with Gasteiger partial charge in [0.15, 0.2) is 12.3 Å². The first-order valence-electron chi connectivity index (χ1n) is 10.9. The Morgan fingerprint density at radius 2 is 2.00 bits per heavy atom. The zero-order valence-electron chi connectivity index (χ0n) is 17.9. The summed E-state index contributed by atoms with van der Waals surface area (Å²) in [6, 6.07) is 16.1. The van der Waals surface area contributed by atoms with Crippen molar-refractivity contribution >= 4 is 11.8 Å². The molecule has 2 aromatic carbocycles. The number of rotatable bonds is 6. The molecular weight excluding hydrogens is 406 g/mol. The van der Waals surface area contributed by atoms with E-state index in [2.05, 4.69) is 16.4 Å². The molecule has 5 rings (SSSR count). The van der Waals surface area contributed by atoms with Crippen LogP contribution in [-0.2, 0) is 17.8 Å². The first-order valence-corrected chi connectivity index (χ1v) is 10.9. The highest BCUT2D eigenvalue weighted by Crippen LogP contribution is 2.37. The number of nitrogens with one attached hydrogen (secondary N) is 1. The van der Waals surface area contributed by atoms with E-state index in [1.807, 2.05) is 47.4 Å². The van der Waals surface area contributed by atoms with E-state index in [1.54, 1.807) is 6.92 Å². The third-order valence-electron chi connectivity index (χ3n) is 5.92. The summed E-state index contributed by atoms with van der Waals surface area (Å²) < 4.78 is 11.3. The Morgan fingerprint density at radius 3 is 2.75 bits per heavy atom. The van der Waals surface area contributed by atoms with Gasteiger partial charge >= 0.3 is 0 Å². The summed E-state index contributed by atoms with van der Waals surface area (Å²) in [6.45, 7) is 2.41. The molecule has 1 atom stereocenters. The molecule has 7 nitrogen and oxygen atoms in total. The van der Waals surface area contributed by atoms with E-state index in [0.717, 1.165) is 30.4 Å². The smallest absolute Gasteiger partial charge is 0.273 e. The van der Waals surface area contributed by atoms with Crippen LogP contribution in [0.3, 0.4) is 0 Å². The predicted octanol–water partition coefficient (Wildman–Crippen LogP) is 3.64. The lowest BCUT2D eigenvalue weighted by molar-refractivity contribution is -0.130. The third-order valence-corrected chi connectivity index (χ3v) is 5.92. The number of hydrogen-bond acceptors (Lipinski definition) is 5. The molecule has 0 bridgehead atoms. The summed E-state index contributed by atoms with van der Waals surface area (Å²) in [6.07, 6.45) is 4.20. The van der Waals surface area contributed by atoms with Crippen molar-refractivity contribution in [2.45, 2.75) is 44.9 Å². The van der Waals surface area contributed by atoms with E-state index in [9.17, 15) is 9.59 Å². The van der Waals surface area contributed by atoms with E-state index in [-0.39, 0.29) is 36.2 Å². The van der Waals surface area contributed by atoms with Gasteiger partial charge in [0.25, 0.3) is 5.91 Å². The summed E-state index contributed by atoms with van der Waals surface area (Å²) in [5.41, 5.74) is 3.60. The van der Waals surface area contributed by atoms with Crippen molar-refractivity contribution in [3.63, 3.8) is 0 Å². The predicted molar refractivity (Wildman–Crippen MR) is 117 cm³/mol. The lowest BCUT2D eigenvalue weighted by Gasteiger charge is -2.37. The summed E-state index contributed by atoms with van der Waals surface area (Å²) >= 11 is 0. The van der Waals surface area contributed by atoms with Crippen LogP contribution < -0.4 is 10.1 Å². The summed E-state index contributed by atoms with van der Waals surface area (Å²) in [5.74, 6) is 0.838. The minimum absolute atomic E-state index is 0.0487. The van der Waals surface area contributed by atoms with E-state index in [0.29, 0.717) is 18.2 Å². The highest BCUT2D eigenvalue weighted by Gasteiger charge is 2.31. The van der Waals surface area contributed by atoms with Crippen molar-refractivity contribution in [3.05, 3.63) is 83.1 Å². The first kappa shape index (κ1) is 20.3. The van der Waals surface area contributed by atoms with E-state index >= 15 is 0 Å². The van der Waals surface area contributed by atoms with Crippen molar-refractivity contribution < 1.29 is 18.7 Å². The van der Waals surface area contributed by atoms with Crippen molar-refractivity contribution in [2.75, 3.05) is 6.54 Å². The topological polar surface area (TPSA) is 84.7 Å². The summed E-state index contributed by atoms with van der Waals surface area (Å²) in [4.78, 5) is 30.6. The van der Waals surface area contributed by atoms with Crippen LogP contribution in [0.25, 0.3) is 0 Å². The maximum atomic E-state index is 12.4. The fourth-order valence-electron chi connectivity index (χ4n) is 4.13. The second-order valence-electron chi connectivity index (χ2n) is 8.30. The zero-order chi connectivity index (χ0) is 22.1. The number of carbonyl (C=O) groups excluding carboxylic acids is 2. The van der Waals surface area contributed by atoms with Gasteiger partial charge in [-0.3, -0.25) is 9.59 Å². The minimum Gasteiger partial charge on any atom is -0.484 e. The van der Waals surface area contributed by atoms with Gasteiger partial charge in [0.2, 0.25) is 11.8 Å². The van der Waals surface area contributed by atoms with Gasteiger partial charge in [0, 0.05) is 19.5 Å². The SMILES string of the molecule is CC(=O)N1CCc2ccc(OCc3nc(C(=O)NC4CC4)co3)cc2C1c1ccccc1. The van der Waals surface area contributed by atoms with Gasteiger partial charge in [-0.1, -0.05) is 36.4 Å². The van der Waals surface area contributed by atoms with Crippen molar-refractivity contribution in [3.8, 4) is 5.75 Å². The van der Waals surface area contributed by atoms with Crippen LogP contribution in [0.4, 0.5) is 0 Å². The van der Waals surface area contributed by atoms with Crippen LogP contribution in [-0.4, -0.2) is 34.3 Å². The summed E-state index contributed by atoms with van der Waals surface area (Å²) in [7, 11) is 0. The molecule has 1 aromatic heterocycles. The first-order chi connectivity index (χ1) is 15.6. The monoisotopic (exact) mass is 431 g/mol. The standard InChI is InChI=1S/C25H25N3O4/c1-16(29)28-12-11-17-7-10-20(13-21(17)24(28)18-5-3-2-4-6-18)31-15-23-27-22(14-32-23)25(30)26-19-8-9-19/h2-7,10,13-14,19,24H,8-9,11-12,15H2,1H3,(H,26,30). The lowest BCUT2D eigenvalue weighted by atomic mass is 9.88. The number of amides is 2. The molecule has 32 heavy (non-hydrogen) atoms. The van der Waals surface area contributed by atoms with Crippen molar-refractivity contribution in [1.29, 1.82) is 0 Å². The fraction of sp³-hybridized carbons (Fsp3) is 0.320. The Labute approximate surface area is 186 Å². The second kappa shape index (κ2) is 8.49. The largest absolute Gasteiger partial charge is 0.484 e. The van der Waals surface area contributed by atoms with E-state index in [1.165, 1.54) is 11.8 Å². The highest BCUT2D eigenvalue weighted by molar-refractivity contribution is 5.92. The van der Waals surface area contributed by atoms with Crippen LogP contribution in [0, 0.1) is 0 Å². The number of benzene rings is 2. The maximum Gasteiger partial charge on any atom is 0.273 e. The van der Waals surface area contributed by atoms with Gasteiger partial charge in [0.05, 0.1) is 6.04 Å². The van der Waals surface area contributed by atoms with Gasteiger partial charge in [-0.15, -0.1) is 0 Å². The number of aromatic nitrogens is 1. The molecule has 0 radical (unpaired) electrons. The quantitative estimate of drug-likeness (QED) is 0.644. The van der Waals surface area contributed by atoms with Gasteiger partial charge in [-0.2, -0.15) is 0 Å². The van der Waals surface area contributed by atoms with Gasteiger partial charge in [-0.25, -0.2) is 4.98 Å². The molecule has 1 saturated carbocycles. The van der Waals surface area contributed by atoms with Crippen LogP contribution >= 0.6 is 0 Å². The van der Waals surface area contributed by atoms with Gasteiger partial charge in [0.1, 0.15) is 12.0 Å². The third kappa shape index (κ3) is 4.23. The average Bonchev–Trinajstić information content (AvgIpc) is 3.49. The van der Waals surface area contributed by atoms with Gasteiger partial charge in [-0.05, 0) is 48.1 Å². The fourth-order valence-corrected chi connectivity index (χ4v) is 4.13. The Kier molecular flexibility index (Phi) is 5.39. The van der Waals surface area contributed by atoms with Crippen LogP contribution in [0.5, 0.6) is 5.75 Å². The number of nitrogens with zero attached hydrogens (tertiary/aromatic N) is 2. The number of hydrogen-bond donors (Lipinski definition) is 1. The molecule has 1 fully saturated rings. The molecule has 2 aliphatic rings.